The average molecular weight is 1710 g/mol. The van der Waals surface area contributed by atoms with Crippen molar-refractivity contribution in [3.63, 3.8) is 0 Å². The number of aromatic nitrogens is 8. The van der Waals surface area contributed by atoms with E-state index in [-0.39, 0.29) is 16.2 Å². The lowest BCUT2D eigenvalue weighted by molar-refractivity contribution is 0.660. The van der Waals surface area contributed by atoms with Crippen LogP contribution in [0.3, 0.4) is 0 Å². The molecule has 28 rings (SSSR count). The Hall–Kier alpha value is -16.8. The third-order valence-corrected chi connectivity index (χ3v) is 30.4. The van der Waals surface area contributed by atoms with E-state index >= 15 is 0 Å². The normalized spacial score (nSPS) is 13.8. The first kappa shape index (κ1) is 76.1. The van der Waals surface area contributed by atoms with Crippen LogP contribution < -0.4 is 0 Å². The maximum Gasteiger partial charge on any atom is 0.238 e. The SMILES string of the molecule is CC1(C)c2ccccc2-c2ccc(-n3c4ccccc4c4cc(-c5ccc6c(c5)c5cc(-c7ccc8c(c7)c7ccccc7n8-c7ccc8c(c7)C(C)(C)c7ccccc7-8)ccc5n6-c5cccc(-c6nc(-c7ccc(-c8ccccc8)cc7)nc(-n7c8ccccc8c8cc(-c9ccc%10c(c9)c9ccccc9n%10-c9ccc%10c(c9)C(C)(C)c9ccccc9-%10)ccc87)n6)c5)ccc43)cc21. The summed E-state index contributed by atoms with van der Waals surface area (Å²) in [6.07, 6.45) is 0. The Bertz CT molecular complexity index is 9140. The van der Waals surface area contributed by atoms with Gasteiger partial charge in [0.1, 0.15) is 0 Å². The number of para-hydroxylation sites is 4. The molecular weight excluding hydrogens is 1630 g/mol. The van der Waals surface area contributed by atoms with E-state index in [0.29, 0.717) is 17.6 Å². The van der Waals surface area contributed by atoms with Crippen LogP contribution in [0.5, 0.6) is 0 Å². The van der Waals surface area contributed by atoms with Crippen molar-refractivity contribution in [2.75, 3.05) is 0 Å². The van der Waals surface area contributed by atoms with Gasteiger partial charge in [0, 0.05) is 104 Å². The second-order valence-corrected chi connectivity index (χ2v) is 38.6. The van der Waals surface area contributed by atoms with Crippen molar-refractivity contribution in [2.45, 2.75) is 57.8 Å². The molecule has 0 bridgehead atoms. The minimum absolute atomic E-state index is 0.130. The van der Waals surface area contributed by atoms with Gasteiger partial charge in [0.25, 0.3) is 0 Å². The first-order valence-electron chi connectivity index (χ1n) is 46.7. The number of benzene rings is 19. The third-order valence-electron chi connectivity index (χ3n) is 30.4. The Balaban J connectivity index is 0.592. The van der Waals surface area contributed by atoms with Crippen LogP contribution in [0.1, 0.15) is 74.9 Å². The van der Waals surface area contributed by atoms with Crippen LogP contribution in [0.15, 0.2) is 413 Å². The summed E-state index contributed by atoms with van der Waals surface area (Å²) in [5, 5.41) is 11.8. The molecule has 134 heavy (non-hydrogen) atoms. The quantitative estimate of drug-likeness (QED) is 0.130. The summed E-state index contributed by atoms with van der Waals surface area (Å²) in [6, 6.07) is 154. The van der Waals surface area contributed by atoms with Gasteiger partial charge in [-0.05, 0) is 257 Å². The van der Waals surface area contributed by atoms with Crippen molar-refractivity contribution in [3.05, 3.63) is 446 Å². The van der Waals surface area contributed by atoms with Gasteiger partial charge >= 0.3 is 0 Å². The molecule has 3 aliphatic carbocycles. The summed E-state index contributed by atoms with van der Waals surface area (Å²) in [5.74, 6) is 1.64. The van der Waals surface area contributed by atoms with E-state index in [1.807, 2.05) is 0 Å². The first-order valence-corrected chi connectivity index (χ1v) is 46.7. The van der Waals surface area contributed by atoms with Gasteiger partial charge in [-0.3, -0.25) is 4.57 Å². The molecule has 630 valence electrons. The summed E-state index contributed by atoms with van der Waals surface area (Å²) in [6.45, 7) is 14.2. The van der Waals surface area contributed by atoms with Crippen molar-refractivity contribution >= 4 is 109 Å². The fourth-order valence-electron chi connectivity index (χ4n) is 23.8. The molecule has 0 fully saturated rings. The van der Waals surface area contributed by atoms with Gasteiger partial charge in [0.2, 0.25) is 5.95 Å². The fourth-order valence-corrected chi connectivity index (χ4v) is 23.8. The van der Waals surface area contributed by atoms with Gasteiger partial charge in [0.15, 0.2) is 11.6 Å². The Morgan fingerprint density at radius 1 is 0.157 bits per heavy atom. The first-order chi connectivity index (χ1) is 65.7. The monoisotopic (exact) mass is 1710 g/mol. The summed E-state index contributed by atoms with van der Waals surface area (Å²) >= 11 is 0. The molecule has 0 N–H and O–H groups in total. The second kappa shape index (κ2) is 28.1. The molecule has 0 radical (unpaired) electrons. The molecule has 3 aliphatic rings. The van der Waals surface area contributed by atoms with Crippen LogP contribution in [0.2, 0.25) is 0 Å². The van der Waals surface area contributed by atoms with Crippen LogP contribution >= 0.6 is 0 Å². The van der Waals surface area contributed by atoms with E-state index in [1.165, 1.54) is 132 Å². The molecule has 0 amide bonds. The largest absolute Gasteiger partial charge is 0.309 e. The van der Waals surface area contributed by atoms with Gasteiger partial charge in [-0.2, -0.15) is 9.97 Å². The number of fused-ring (bicyclic) bond motifs is 24. The molecule has 0 unspecified atom stereocenters. The van der Waals surface area contributed by atoms with E-state index < -0.39 is 0 Å². The van der Waals surface area contributed by atoms with Crippen molar-refractivity contribution in [3.8, 4) is 129 Å². The van der Waals surface area contributed by atoms with Crippen molar-refractivity contribution in [2.24, 2.45) is 0 Å². The number of hydrogen-bond donors (Lipinski definition) is 0. The standard InChI is InChI=1S/C126H86N8/c1-124(2)105-36-17-10-29-89(105)92-56-53-86(72-108(92)124)131-111-39-20-13-32-95(111)99-66-78(47-59-115(99)131)81-52-64-120-102(69-81)98-35-16-23-42-114(98)134(120)123-128-121(77-45-43-76(44-46-77)75-25-8-7-9-26-75)127-122(129-123)84-27-24-28-85(65-84)130-118-62-50-82(79-48-60-116-100(67-79)96-33-14-21-40-112(96)132(116)87-54-57-93-90-30-11-18-37-106(90)125(3,4)109(93)73-87)70-103(118)104-71-83(51-63-119(104)130)80-49-61-117-101(68-80)97-34-15-22-41-113(97)133(117)88-55-58-94-91-31-12-19-38-107(91)126(5,6)110(94)74-88/h7-74H,1-6H3. The lowest BCUT2D eigenvalue weighted by Crippen LogP contribution is -2.15. The highest BCUT2D eigenvalue weighted by molar-refractivity contribution is 6.17. The van der Waals surface area contributed by atoms with E-state index in [9.17, 15) is 0 Å². The minimum Gasteiger partial charge on any atom is -0.309 e. The molecule has 19 aromatic carbocycles. The smallest absolute Gasteiger partial charge is 0.238 e. The van der Waals surface area contributed by atoms with Crippen LogP contribution in [-0.4, -0.2) is 37.8 Å². The van der Waals surface area contributed by atoms with E-state index in [2.05, 4.69) is 477 Å². The molecule has 0 spiro atoms. The Morgan fingerprint density at radius 3 is 0.776 bits per heavy atom. The molecule has 8 nitrogen and oxygen atoms in total. The van der Waals surface area contributed by atoms with Crippen LogP contribution in [0.4, 0.5) is 0 Å². The van der Waals surface area contributed by atoms with Gasteiger partial charge in [-0.25, -0.2) is 4.98 Å². The molecule has 8 heteroatoms. The summed E-state index contributed by atoms with van der Waals surface area (Å²) in [4.78, 5) is 16.8. The van der Waals surface area contributed by atoms with Gasteiger partial charge in [-0.1, -0.05) is 308 Å². The molecular formula is C126H86N8. The van der Waals surface area contributed by atoms with Gasteiger partial charge < -0.3 is 18.3 Å². The highest BCUT2D eigenvalue weighted by Crippen LogP contribution is 2.55. The lowest BCUT2D eigenvalue weighted by atomic mass is 9.82. The molecule has 25 aromatic rings. The second-order valence-electron chi connectivity index (χ2n) is 38.6. The molecule has 0 aliphatic heterocycles. The fraction of sp³-hybridized carbons (Fsp3) is 0.0714. The molecule has 0 saturated carbocycles. The van der Waals surface area contributed by atoms with Crippen molar-refractivity contribution < 1.29 is 0 Å². The zero-order valence-corrected chi connectivity index (χ0v) is 74.8. The Kier molecular flexibility index (Phi) is 16.0. The maximum absolute atomic E-state index is 5.68. The predicted molar refractivity (Wildman–Crippen MR) is 557 cm³/mol. The minimum atomic E-state index is -0.143. The highest BCUT2D eigenvalue weighted by atomic mass is 15.2. The van der Waals surface area contributed by atoms with Crippen LogP contribution in [0, 0.1) is 0 Å². The molecule has 6 aromatic heterocycles. The third kappa shape index (κ3) is 11.0. The van der Waals surface area contributed by atoms with Gasteiger partial charge in [0.05, 0.1) is 55.2 Å². The molecule has 0 saturated heterocycles. The van der Waals surface area contributed by atoms with Gasteiger partial charge in [-0.15, -0.1) is 0 Å². The zero-order chi connectivity index (χ0) is 88.9. The molecule has 6 heterocycles. The van der Waals surface area contributed by atoms with E-state index in [4.69, 9.17) is 15.0 Å². The van der Waals surface area contributed by atoms with Crippen LogP contribution in [-0.2, 0) is 16.2 Å². The topological polar surface area (TPSA) is 63.3 Å². The van der Waals surface area contributed by atoms with E-state index in [1.54, 1.807) is 0 Å². The lowest BCUT2D eigenvalue weighted by Gasteiger charge is -2.22. The number of rotatable bonds is 11. The van der Waals surface area contributed by atoms with Crippen molar-refractivity contribution in [1.29, 1.82) is 0 Å². The zero-order valence-electron chi connectivity index (χ0n) is 74.8. The maximum atomic E-state index is 5.68. The summed E-state index contributed by atoms with van der Waals surface area (Å²) in [5.41, 5.74) is 42.1. The van der Waals surface area contributed by atoms with E-state index in [0.717, 1.165) is 122 Å². The predicted octanol–water partition coefficient (Wildman–Crippen LogP) is 32.3. The highest BCUT2D eigenvalue weighted by Gasteiger charge is 2.39. The average Bonchev–Trinajstić information content (AvgIpc) is 1.58. The number of hydrogen-bond acceptors (Lipinski definition) is 3. The summed E-state index contributed by atoms with van der Waals surface area (Å²) < 4.78 is 12.1. The Labute approximate surface area is 774 Å². The summed E-state index contributed by atoms with van der Waals surface area (Å²) in [7, 11) is 0. The Morgan fingerprint density at radius 2 is 0.410 bits per heavy atom. The number of nitrogens with zero attached hydrogens (tertiary/aromatic N) is 8. The van der Waals surface area contributed by atoms with Crippen LogP contribution in [0.25, 0.3) is 238 Å². The molecule has 0 atom stereocenters. The van der Waals surface area contributed by atoms with Crippen molar-refractivity contribution in [1.82, 2.24) is 37.8 Å².